The number of likely N-dealkylation sites (tertiary alicyclic amines) is 1. The van der Waals surface area contributed by atoms with Gasteiger partial charge >= 0.3 is 0 Å². The minimum Gasteiger partial charge on any atom is -0.497 e. The SMILES string of the molecule is COc1ccc(-c2nnc(SCC(=O)N3CCC(C)CC3)n2CC(C)C)cc1. The summed E-state index contributed by atoms with van der Waals surface area (Å²) in [5.74, 6) is 3.42. The van der Waals surface area contributed by atoms with Crippen molar-refractivity contribution in [3.05, 3.63) is 24.3 Å². The summed E-state index contributed by atoms with van der Waals surface area (Å²) < 4.78 is 7.37. The lowest BCUT2D eigenvalue weighted by Gasteiger charge is -2.30. The molecule has 1 aliphatic rings. The van der Waals surface area contributed by atoms with Crippen LogP contribution in [0.2, 0.25) is 0 Å². The van der Waals surface area contributed by atoms with Gasteiger partial charge in [0.25, 0.3) is 0 Å². The van der Waals surface area contributed by atoms with Gasteiger partial charge in [-0.2, -0.15) is 0 Å². The third-order valence-electron chi connectivity index (χ3n) is 5.07. The van der Waals surface area contributed by atoms with Crippen molar-refractivity contribution in [2.75, 3.05) is 26.0 Å². The van der Waals surface area contributed by atoms with Crippen LogP contribution < -0.4 is 4.74 Å². The first-order valence-corrected chi connectivity index (χ1v) is 10.9. The second-order valence-corrected chi connectivity index (χ2v) is 8.83. The Kier molecular flexibility index (Phi) is 6.99. The van der Waals surface area contributed by atoms with Gasteiger partial charge in [-0.3, -0.25) is 4.79 Å². The Morgan fingerprint density at radius 2 is 1.89 bits per heavy atom. The first-order chi connectivity index (χ1) is 13.5. The minimum atomic E-state index is 0.196. The summed E-state index contributed by atoms with van der Waals surface area (Å²) in [6.07, 6.45) is 2.20. The normalized spacial score (nSPS) is 15.2. The number of methoxy groups -OCH3 is 1. The van der Waals surface area contributed by atoms with Crippen LogP contribution in [0.3, 0.4) is 0 Å². The van der Waals surface area contributed by atoms with Crippen molar-refractivity contribution in [1.82, 2.24) is 19.7 Å². The van der Waals surface area contributed by atoms with Gasteiger partial charge in [-0.15, -0.1) is 10.2 Å². The molecule has 0 N–H and O–H groups in total. The molecule has 7 heteroatoms. The van der Waals surface area contributed by atoms with Crippen LogP contribution in [0, 0.1) is 11.8 Å². The fraction of sp³-hybridized carbons (Fsp3) is 0.571. The van der Waals surface area contributed by atoms with Crippen LogP contribution in [-0.2, 0) is 11.3 Å². The van der Waals surface area contributed by atoms with Gasteiger partial charge in [0.15, 0.2) is 11.0 Å². The van der Waals surface area contributed by atoms with Crippen LogP contribution in [0.25, 0.3) is 11.4 Å². The fourth-order valence-electron chi connectivity index (χ4n) is 3.35. The highest BCUT2D eigenvalue weighted by Crippen LogP contribution is 2.27. The number of piperidine rings is 1. The molecule has 6 nitrogen and oxygen atoms in total. The van der Waals surface area contributed by atoms with Gasteiger partial charge in [0.2, 0.25) is 5.91 Å². The van der Waals surface area contributed by atoms with E-state index in [4.69, 9.17) is 4.74 Å². The fourth-order valence-corrected chi connectivity index (χ4v) is 4.20. The maximum Gasteiger partial charge on any atom is 0.233 e. The Labute approximate surface area is 171 Å². The minimum absolute atomic E-state index is 0.196. The van der Waals surface area contributed by atoms with Crippen molar-refractivity contribution in [2.45, 2.75) is 45.3 Å². The van der Waals surface area contributed by atoms with E-state index in [0.717, 1.165) is 60.7 Å². The highest BCUT2D eigenvalue weighted by molar-refractivity contribution is 7.99. The summed E-state index contributed by atoms with van der Waals surface area (Å²) in [4.78, 5) is 14.6. The van der Waals surface area contributed by atoms with E-state index in [0.29, 0.717) is 11.7 Å². The molecule has 1 aliphatic heterocycles. The van der Waals surface area contributed by atoms with E-state index < -0.39 is 0 Å². The molecular weight excluding hydrogens is 372 g/mol. The van der Waals surface area contributed by atoms with Gasteiger partial charge in [-0.25, -0.2) is 0 Å². The average Bonchev–Trinajstić information content (AvgIpc) is 3.08. The molecule has 0 atom stereocenters. The number of hydrogen-bond acceptors (Lipinski definition) is 5. The van der Waals surface area contributed by atoms with Crippen LogP contribution in [0.5, 0.6) is 5.75 Å². The monoisotopic (exact) mass is 402 g/mol. The number of rotatable bonds is 7. The molecule has 1 aromatic carbocycles. The van der Waals surface area contributed by atoms with Crippen LogP contribution in [0.15, 0.2) is 29.4 Å². The molecule has 28 heavy (non-hydrogen) atoms. The Bertz CT molecular complexity index is 780. The number of ether oxygens (including phenoxy) is 1. The Morgan fingerprint density at radius 1 is 1.21 bits per heavy atom. The van der Waals surface area contributed by atoms with Crippen molar-refractivity contribution in [2.24, 2.45) is 11.8 Å². The number of nitrogens with zero attached hydrogens (tertiary/aromatic N) is 4. The number of amides is 1. The number of hydrogen-bond donors (Lipinski definition) is 0. The van der Waals surface area contributed by atoms with E-state index in [-0.39, 0.29) is 5.91 Å². The molecule has 0 saturated carbocycles. The standard InChI is InChI=1S/C21H30N4O2S/c1-15(2)13-25-20(17-5-7-18(27-4)8-6-17)22-23-21(25)28-14-19(26)24-11-9-16(3)10-12-24/h5-8,15-16H,9-14H2,1-4H3. The van der Waals surface area contributed by atoms with Crippen molar-refractivity contribution in [3.63, 3.8) is 0 Å². The average molecular weight is 403 g/mol. The van der Waals surface area contributed by atoms with E-state index in [2.05, 4.69) is 35.5 Å². The second kappa shape index (κ2) is 9.45. The summed E-state index contributed by atoms with van der Waals surface area (Å²) in [5.41, 5.74) is 0.997. The first kappa shape index (κ1) is 20.7. The van der Waals surface area contributed by atoms with E-state index >= 15 is 0 Å². The van der Waals surface area contributed by atoms with Gasteiger partial charge in [0.05, 0.1) is 12.9 Å². The topological polar surface area (TPSA) is 60.3 Å². The van der Waals surface area contributed by atoms with E-state index in [1.807, 2.05) is 29.2 Å². The predicted molar refractivity (Wildman–Crippen MR) is 113 cm³/mol. The third kappa shape index (κ3) is 5.07. The van der Waals surface area contributed by atoms with E-state index in [1.165, 1.54) is 11.8 Å². The molecule has 0 spiro atoms. The lowest BCUT2D eigenvalue weighted by molar-refractivity contribution is -0.129. The molecule has 2 aromatic rings. The van der Waals surface area contributed by atoms with Gasteiger partial charge in [-0.05, 0) is 48.9 Å². The summed E-state index contributed by atoms with van der Waals surface area (Å²) >= 11 is 1.49. The Morgan fingerprint density at radius 3 is 2.50 bits per heavy atom. The molecule has 1 aromatic heterocycles. The van der Waals surface area contributed by atoms with Gasteiger partial charge < -0.3 is 14.2 Å². The maximum atomic E-state index is 12.6. The smallest absolute Gasteiger partial charge is 0.233 e. The van der Waals surface area contributed by atoms with Crippen molar-refractivity contribution < 1.29 is 9.53 Å². The summed E-state index contributed by atoms with van der Waals surface area (Å²) in [5, 5.41) is 9.62. The molecule has 1 saturated heterocycles. The number of benzene rings is 1. The predicted octanol–water partition coefficient (Wildman–Crippen LogP) is 3.96. The molecule has 1 amide bonds. The third-order valence-corrected chi connectivity index (χ3v) is 6.03. The molecule has 0 unspecified atom stereocenters. The molecule has 0 radical (unpaired) electrons. The molecular formula is C21H30N4O2S. The highest BCUT2D eigenvalue weighted by Gasteiger charge is 2.22. The Hall–Kier alpha value is -2.02. The number of carbonyl (C=O) groups excluding carboxylic acids is 1. The Balaban J connectivity index is 1.73. The molecule has 0 aliphatic carbocycles. The molecule has 0 bridgehead atoms. The molecule has 1 fully saturated rings. The number of thioether (sulfide) groups is 1. The zero-order valence-electron chi connectivity index (χ0n) is 17.2. The first-order valence-electron chi connectivity index (χ1n) is 9.96. The zero-order valence-corrected chi connectivity index (χ0v) is 18.0. The summed E-state index contributed by atoms with van der Waals surface area (Å²) in [6.45, 7) is 9.16. The number of carbonyl (C=O) groups is 1. The maximum absolute atomic E-state index is 12.6. The molecule has 152 valence electrons. The molecule has 3 rings (SSSR count). The van der Waals surface area contributed by atoms with Crippen LogP contribution >= 0.6 is 11.8 Å². The lowest BCUT2D eigenvalue weighted by Crippen LogP contribution is -2.38. The van der Waals surface area contributed by atoms with Gasteiger partial charge in [0.1, 0.15) is 5.75 Å². The highest BCUT2D eigenvalue weighted by atomic mass is 32.2. The number of aromatic nitrogens is 3. The largest absolute Gasteiger partial charge is 0.497 e. The van der Waals surface area contributed by atoms with Crippen LogP contribution in [-0.4, -0.2) is 51.5 Å². The van der Waals surface area contributed by atoms with E-state index in [9.17, 15) is 4.79 Å². The van der Waals surface area contributed by atoms with Gasteiger partial charge in [-0.1, -0.05) is 32.5 Å². The van der Waals surface area contributed by atoms with Crippen molar-refractivity contribution in [3.8, 4) is 17.1 Å². The summed E-state index contributed by atoms with van der Waals surface area (Å²) in [7, 11) is 1.66. The summed E-state index contributed by atoms with van der Waals surface area (Å²) in [6, 6.07) is 7.84. The lowest BCUT2D eigenvalue weighted by atomic mass is 9.99. The zero-order chi connectivity index (χ0) is 20.1. The second-order valence-electron chi connectivity index (χ2n) is 7.89. The van der Waals surface area contributed by atoms with Crippen LogP contribution in [0.4, 0.5) is 0 Å². The van der Waals surface area contributed by atoms with Gasteiger partial charge in [0, 0.05) is 25.2 Å². The van der Waals surface area contributed by atoms with E-state index in [1.54, 1.807) is 7.11 Å². The van der Waals surface area contributed by atoms with Crippen molar-refractivity contribution >= 4 is 17.7 Å². The van der Waals surface area contributed by atoms with Crippen molar-refractivity contribution in [1.29, 1.82) is 0 Å². The van der Waals surface area contributed by atoms with Crippen LogP contribution in [0.1, 0.15) is 33.6 Å². The quantitative estimate of drug-likeness (QED) is 0.656. The molecule has 2 heterocycles.